The van der Waals surface area contributed by atoms with E-state index in [0.29, 0.717) is 5.82 Å². The number of urea groups is 1. The van der Waals surface area contributed by atoms with Gasteiger partial charge in [0.2, 0.25) is 0 Å². The van der Waals surface area contributed by atoms with Crippen LogP contribution in [0.3, 0.4) is 0 Å². The molecular formula is C17H22N4O4. The molecule has 1 atom stereocenters. The fraction of sp³-hybridized carbons (Fsp3) is 0.353. The maximum Gasteiger partial charge on any atom is 0.337 e. The van der Waals surface area contributed by atoms with E-state index in [1.807, 2.05) is 32.9 Å². The number of hydrogen-bond donors (Lipinski definition) is 4. The van der Waals surface area contributed by atoms with E-state index in [1.54, 1.807) is 10.7 Å². The number of aromatic nitrogens is 2. The van der Waals surface area contributed by atoms with Crippen LogP contribution in [0.2, 0.25) is 0 Å². The molecule has 134 valence electrons. The molecule has 2 amide bonds. The Morgan fingerprint density at radius 2 is 1.76 bits per heavy atom. The number of aliphatic hydroxyl groups is 1. The summed E-state index contributed by atoms with van der Waals surface area (Å²) in [6, 6.07) is 7.09. The van der Waals surface area contributed by atoms with Crippen molar-refractivity contribution in [2.24, 2.45) is 0 Å². The van der Waals surface area contributed by atoms with Gasteiger partial charge in [0.05, 0.1) is 12.2 Å². The summed E-state index contributed by atoms with van der Waals surface area (Å²) in [5, 5.41) is 27.6. The second kappa shape index (κ2) is 6.94. The lowest BCUT2D eigenvalue weighted by Crippen LogP contribution is -2.47. The van der Waals surface area contributed by atoms with E-state index in [0.717, 1.165) is 29.4 Å². The van der Waals surface area contributed by atoms with E-state index in [4.69, 9.17) is 5.11 Å². The number of carboxylic acid groups (broad SMARTS) is 1. The van der Waals surface area contributed by atoms with Gasteiger partial charge in [0.15, 0.2) is 11.4 Å². The number of carbonyl (C=O) groups is 2. The Hall–Kier alpha value is -2.87. The van der Waals surface area contributed by atoms with Crippen molar-refractivity contribution in [3.05, 3.63) is 41.1 Å². The lowest BCUT2D eigenvalue weighted by Gasteiger charge is -2.18. The Bertz CT molecular complexity index is 791. The number of nitrogens with one attached hydrogen (secondary N) is 2. The molecule has 4 N–H and O–H groups in total. The highest BCUT2D eigenvalue weighted by molar-refractivity contribution is 5.89. The second-order valence-corrected chi connectivity index (χ2v) is 6.32. The Morgan fingerprint density at radius 1 is 1.16 bits per heavy atom. The molecule has 1 unspecified atom stereocenters. The molecule has 2 aromatic rings. The van der Waals surface area contributed by atoms with Crippen LogP contribution < -0.4 is 10.6 Å². The van der Waals surface area contributed by atoms with Crippen molar-refractivity contribution in [1.82, 2.24) is 15.1 Å². The molecule has 0 saturated heterocycles. The van der Waals surface area contributed by atoms with Crippen molar-refractivity contribution >= 4 is 17.8 Å². The molecule has 0 aliphatic rings. The van der Waals surface area contributed by atoms with Crippen LogP contribution in [0.4, 0.5) is 10.6 Å². The SMILES string of the molecule is Cc1cc(C)cc(-n2nc(NC(=O)NCC(C)(O)C(=O)O)cc2C)c1. The predicted octanol–water partition coefficient (Wildman–Crippen LogP) is 1.75. The zero-order valence-electron chi connectivity index (χ0n) is 14.6. The van der Waals surface area contributed by atoms with E-state index >= 15 is 0 Å². The summed E-state index contributed by atoms with van der Waals surface area (Å²) in [7, 11) is 0. The first-order valence-corrected chi connectivity index (χ1v) is 7.74. The van der Waals surface area contributed by atoms with E-state index in [1.165, 1.54) is 0 Å². The molecule has 0 saturated carbocycles. The van der Waals surface area contributed by atoms with Crippen LogP contribution >= 0.6 is 0 Å². The van der Waals surface area contributed by atoms with Crippen LogP contribution in [0.5, 0.6) is 0 Å². The Kier molecular flexibility index (Phi) is 5.13. The molecule has 0 fully saturated rings. The Labute approximate surface area is 145 Å². The molecule has 1 aromatic heterocycles. The summed E-state index contributed by atoms with van der Waals surface area (Å²) < 4.78 is 1.71. The van der Waals surface area contributed by atoms with Crippen molar-refractivity contribution in [2.75, 3.05) is 11.9 Å². The van der Waals surface area contributed by atoms with Crippen LogP contribution in [-0.4, -0.2) is 44.1 Å². The predicted molar refractivity (Wildman–Crippen MR) is 93.1 cm³/mol. The number of carbonyl (C=O) groups excluding carboxylic acids is 1. The molecule has 25 heavy (non-hydrogen) atoms. The average Bonchev–Trinajstić information content (AvgIpc) is 2.84. The molecule has 1 heterocycles. The molecular weight excluding hydrogens is 324 g/mol. The zero-order chi connectivity index (χ0) is 18.8. The number of anilines is 1. The molecule has 0 radical (unpaired) electrons. The molecule has 1 aromatic carbocycles. The van der Waals surface area contributed by atoms with E-state index in [9.17, 15) is 14.7 Å². The number of benzene rings is 1. The Morgan fingerprint density at radius 3 is 2.32 bits per heavy atom. The van der Waals surface area contributed by atoms with E-state index in [2.05, 4.69) is 21.8 Å². The van der Waals surface area contributed by atoms with Crippen molar-refractivity contribution in [3.63, 3.8) is 0 Å². The van der Waals surface area contributed by atoms with Gasteiger partial charge < -0.3 is 15.5 Å². The minimum Gasteiger partial charge on any atom is -0.479 e. The summed E-state index contributed by atoms with van der Waals surface area (Å²) in [5.74, 6) is -1.09. The largest absolute Gasteiger partial charge is 0.479 e. The number of aryl methyl sites for hydroxylation is 3. The smallest absolute Gasteiger partial charge is 0.337 e. The zero-order valence-corrected chi connectivity index (χ0v) is 14.6. The van der Waals surface area contributed by atoms with Gasteiger partial charge >= 0.3 is 12.0 Å². The van der Waals surface area contributed by atoms with Crippen LogP contribution in [0, 0.1) is 20.8 Å². The van der Waals surface area contributed by atoms with E-state index < -0.39 is 24.1 Å². The van der Waals surface area contributed by atoms with Gasteiger partial charge in [-0.1, -0.05) is 6.07 Å². The van der Waals surface area contributed by atoms with Crippen molar-refractivity contribution in [1.29, 1.82) is 0 Å². The maximum absolute atomic E-state index is 11.9. The number of nitrogens with zero attached hydrogens (tertiary/aromatic N) is 2. The third kappa shape index (κ3) is 4.57. The molecule has 0 spiro atoms. The van der Waals surface area contributed by atoms with Gasteiger partial charge in [-0.25, -0.2) is 14.3 Å². The van der Waals surface area contributed by atoms with Gasteiger partial charge in [0.1, 0.15) is 0 Å². The summed E-state index contributed by atoms with van der Waals surface area (Å²) >= 11 is 0. The minimum absolute atomic E-state index is 0.323. The maximum atomic E-state index is 11.9. The summed E-state index contributed by atoms with van der Waals surface area (Å²) in [4.78, 5) is 22.7. The molecule has 2 rings (SSSR count). The number of rotatable bonds is 5. The Balaban J connectivity index is 2.10. The number of amides is 2. The molecule has 0 bridgehead atoms. The van der Waals surface area contributed by atoms with Crippen molar-refractivity contribution in [2.45, 2.75) is 33.3 Å². The highest BCUT2D eigenvalue weighted by Gasteiger charge is 2.30. The fourth-order valence-corrected chi connectivity index (χ4v) is 2.36. The highest BCUT2D eigenvalue weighted by Crippen LogP contribution is 2.18. The molecule has 0 aliphatic carbocycles. The first kappa shape index (κ1) is 18.5. The summed E-state index contributed by atoms with van der Waals surface area (Å²) in [6.07, 6.45) is 0. The second-order valence-electron chi connectivity index (χ2n) is 6.32. The monoisotopic (exact) mass is 346 g/mol. The van der Waals surface area contributed by atoms with Crippen LogP contribution in [0.1, 0.15) is 23.7 Å². The number of hydrogen-bond acceptors (Lipinski definition) is 4. The van der Waals surface area contributed by atoms with Gasteiger partial charge in [-0.2, -0.15) is 0 Å². The van der Waals surface area contributed by atoms with Gasteiger partial charge in [0, 0.05) is 11.8 Å². The first-order valence-electron chi connectivity index (χ1n) is 7.74. The molecule has 8 nitrogen and oxygen atoms in total. The minimum atomic E-state index is -2.04. The van der Waals surface area contributed by atoms with Crippen molar-refractivity contribution in [3.8, 4) is 5.69 Å². The normalized spacial score (nSPS) is 13.2. The highest BCUT2D eigenvalue weighted by atomic mass is 16.4. The summed E-state index contributed by atoms with van der Waals surface area (Å²) in [5.41, 5.74) is 1.89. The third-order valence-corrected chi connectivity index (χ3v) is 3.63. The first-order chi connectivity index (χ1) is 11.6. The van der Waals surface area contributed by atoms with Crippen LogP contribution in [-0.2, 0) is 4.79 Å². The van der Waals surface area contributed by atoms with Crippen molar-refractivity contribution < 1.29 is 19.8 Å². The topological polar surface area (TPSA) is 116 Å². The van der Waals surface area contributed by atoms with Gasteiger partial charge in [-0.3, -0.25) is 5.32 Å². The standard InChI is InChI=1S/C17H22N4O4/c1-10-5-11(2)7-13(6-10)21-12(3)8-14(20-21)19-16(24)18-9-17(4,25)15(22)23/h5-8,25H,9H2,1-4H3,(H,22,23)(H2,18,19,20,24). The van der Waals surface area contributed by atoms with Crippen LogP contribution in [0.25, 0.3) is 5.69 Å². The lowest BCUT2D eigenvalue weighted by atomic mass is 10.1. The molecule has 8 heteroatoms. The third-order valence-electron chi connectivity index (χ3n) is 3.63. The number of aliphatic carboxylic acids is 1. The fourth-order valence-electron chi connectivity index (χ4n) is 2.36. The van der Waals surface area contributed by atoms with E-state index in [-0.39, 0.29) is 0 Å². The van der Waals surface area contributed by atoms with Gasteiger partial charge in [0.25, 0.3) is 0 Å². The molecule has 0 aliphatic heterocycles. The quantitative estimate of drug-likeness (QED) is 0.658. The van der Waals surface area contributed by atoms with Gasteiger partial charge in [-0.15, -0.1) is 5.10 Å². The summed E-state index contributed by atoms with van der Waals surface area (Å²) in [6.45, 7) is 6.54. The van der Waals surface area contributed by atoms with Gasteiger partial charge in [-0.05, 0) is 51.0 Å². The van der Waals surface area contributed by atoms with Crippen LogP contribution in [0.15, 0.2) is 24.3 Å². The number of carboxylic acids is 1. The average molecular weight is 346 g/mol. The lowest BCUT2D eigenvalue weighted by molar-refractivity contribution is -0.155.